The molecule has 4 nitrogen and oxygen atoms in total. The molecule has 106 valence electrons. The largest absolute Gasteiger partial charge is 0.326 e. The molecule has 0 aromatic heterocycles. The van der Waals surface area contributed by atoms with E-state index in [0.717, 1.165) is 18.8 Å². The van der Waals surface area contributed by atoms with Crippen molar-refractivity contribution in [3.63, 3.8) is 0 Å². The van der Waals surface area contributed by atoms with E-state index >= 15 is 0 Å². The lowest BCUT2D eigenvalue weighted by atomic mass is 10.0. The van der Waals surface area contributed by atoms with Gasteiger partial charge in [0.05, 0.1) is 11.6 Å². The van der Waals surface area contributed by atoms with Crippen LogP contribution in [-0.2, 0) is 4.79 Å². The molecule has 1 aromatic rings. The number of nitrogens with zero attached hydrogens (tertiary/aromatic N) is 2. The molecule has 0 bridgehead atoms. The van der Waals surface area contributed by atoms with Gasteiger partial charge in [-0.15, -0.1) is 0 Å². The molecule has 0 atom stereocenters. The second-order valence-corrected chi connectivity index (χ2v) is 5.89. The van der Waals surface area contributed by atoms with Gasteiger partial charge in [0.1, 0.15) is 0 Å². The van der Waals surface area contributed by atoms with Gasteiger partial charge in [0.2, 0.25) is 5.91 Å². The van der Waals surface area contributed by atoms with Crippen molar-refractivity contribution in [1.29, 1.82) is 5.26 Å². The first-order valence-corrected chi connectivity index (χ1v) is 7.06. The number of likely N-dealkylation sites (tertiary alicyclic amines) is 1. The minimum atomic E-state index is 0.0254. The predicted octanol–water partition coefficient (Wildman–Crippen LogP) is 2.76. The third-order valence-electron chi connectivity index (χ3n) is 3.98. The molecule has 0 radical (unpaired) electrons. The maximum absolute atomic E-state index is 11.9. The van der Waals surface area contributed by atoms with Crippen LogP contribution in [0.3, 0.4) is 0 Å². The van der Waals surface area contributed by atoms with E-state index in [1.807, 2.05) is 0 Å². The molecule has 0 spiro atoms. The van der Waals surface area contributed by atoms with Crippen LogP contribution in [0.25, 0.3) is 0 Å². The molecule has 2 rings (SSSR count). The number of amides is 1. The summed E-state index contributed by atoms with van der Waals surface area (Å²) in [5, 5.41) is 11.6. The number of nitrogens with one attached hydrogen (secondary N) is 1. The number of anilines is 1. The SMILES string of the molecule is CC1(C)CCCN1CCC(=O)Nc1ccc(C#N)cc1. The molecule has 20 heavy (non-hydrogen) atoms. The van der Waals surface area contributed by atoms with Crippen LogP contribution in [0.4, 0.5) is 5.69 Å². The van der Waals surface area contributed by atoms with Crippen LogP contribution < -0.4 is 5.32 Å². The molecule has 1 N–H and O–H groups in total. The molecular weight excluding hydrogens is 250 g/mol. The van der Waals surface area contributed by atoms with E-state index < -0.39 is 0 Å². The zero-order valence-electron chi connectivity index (χ0n) is 12.1. The van der Waals surface area contributed by atoms with Crippen LogP contribution in [0.15, 0.2) is 24.3 Å². The van der Waals surface area contributed by atoms with Crippen LogP contribution >= 0.6 is 0 Å². The number of hydrogen-bond acceptors (Lipinski definition) is 3. The molecule has 1 amide bonds. The average Bonchev–Trinajstić information content (AvgIpc) is 2.76. The lowest BCUT2D eigenvalue weighted by molar-refractivity contribution is -0.116. The first-order chi connectivity index (χ1) is 9.51. The summed E-state index contributed by atoms with van der Waals surface area (Å²) in [5.74, 6) is 0.0254. The van der Waals surface area contributed by atoms with Gasteiger partial charge in [0.25, 0.3) is 0 Å². The summed E-state index contributed by atoms with van der Waals surface area (Å²) < 4.78 is 0. The highest BCUT2D eigenvalue weighted by Crippen LogP contribution is 2.27. The van der Waals surface area contributed by atoms with Gasteiger partial charge in [-0.1, -0.05) is 0 Å². The highest BCUT2D eigenvalue weighted by molar-refractivity contribution is 5.90. The fourth-order valence-corrected chi connectivity index (χ4v) is 2.67. The smallest absolute Gasteiger partial charge is 0.225 e. The Balaban J connectivity index is 1.82. The number of carbonyl (C=O) groups excluding carboxylic acids is 1. The van der Waals surface area contributed by atoms with E-state index in [0.29, 0.717) is 12.0 Å². The highest BCUT2D eigenvalue weighted by Gasteiger charge is 2.31. The second kappa shape index (κ2) is 6.06. The summed E-state index contributed by atoms with van der Waals surface area (Å²) in [4.78, 5) is 14.3. The van der Waals surface area contributed by atoms with Crippen LogP contribution in [0.2, 0.25) is 0 Å². The molecule has 0 aliphatic carbocycles. The second-order valence-electron chi connectivity index (χ2n) is 5.89. The molecule has 1 heterocycles. The van der Waals surface area contributed by atoms with Crippen molar-refractivity contribution in [3.05, 3.63) is 29.8 Å². The zero-order chi connectivity index (χ0) is 14.6. The van der Waals surface area contributed by atoms with Gasteiger partial charge in [0, 0.05) is 24.2 Å². The Kier molecular flexibility index (Phi) is 4.41. The van der Waals surface area contributed by atoms with Crippen LogP contribution in [0.5, 0.6) is 0 Å². The Hall–Kier alpha value is -1.86. The molecule has 1 aliphatic heterocycles. The molecule has 1 fully saturated rings. The standard InChI is InChI=1S/C16H21N3O/c1-16(2)9-3-10-19(16)11-8-15(20)18-14-6-4-13(12-17)5-7-14/h4-7H,3,8-11H2,1-2H3,(H,18,20). The first kappa shape index (κ1) is 14.5. The molecule has 4 heteroatoms. The Morgan fingerprint density at radius 3 is 2.65 bits per heavy atom. The summed E-state index contributed by atoms with van der Waals surface area (Å²) in [5.41, 5.74) is 1.56. The van der Waals surface area contributed by atoms with E-state index in [1.165, 1.54) is 12.8 Å². The highest BCUT2D eigenvalue weighted by atomic mass is 16.1. The first-order valence-electron chi connectivity index (χ1n) is 7.06. The van der Waals surface area contributed by atoms with E-state index in [-0.39, 0.29) is 11.4 Å². The van der Waals surface area contributed by atoms with E-state index in [1.54, 1.807) is 24.3 Å². The van der Waals surface area contributed by atoms with E-state index in [4.69, 9.17) is 5.26 Å². The molecule has 1 aliphatic rings. The molecule has 1 aromatic carbocycles. The van der Waals surface area contributed by atoms with Gasteiger partial charge in [0.15, 0.2) is 0 Å². The van der Waals surface area contributed by atoms with Gasteiger partial charge in [-0.2, -0.15) is 5.26 Å². The third-order valence-corrected chi connectivity index (χ3v) is 3.98. The number of nitriles is 1. The summed E-state index contributed by atoms with van der Waals surface area (Å²) >= 11 is 0. The Bertz CT molecular complexity index is 514. The van der Waals surface area contributed by atoms with Crippen LogP contribution in [0, 0.1) is 11.3 Å². The minimum absolute atomic E-state index is 0.0254. The lowest BCUT2D eigenvalue weighted by Gasteiger charge is -2.31. The van der Waals surface area contributed by atoms with Gasteiger partial charge >= 0.3 is 0 Å². The summed E-state index contributed by atoms with van der Waals surface area (Å²) in [6, 6.07) is 8.99. The summed E-state index contributed by atoms with van der Waals surface area (Å²) in [7, 11) is 0. The zero-order valence-corrected chi connectivity index (χ0v) is 12.1. The fourth-order valence-electron chi connectivity index (χ4n) is 2.67. The quantitative estimate of drug-likeness (QED) is 0.916. The monoisotopic (exact) mass is 271 g/mol. The fraction of sp³-hybridized carbons (Fsp3) is 0.500. The lowest BCUT2D eigenvalue weighted by Crippen LogP contribution is -2.39. The third kappa shape index (κ3) is 3.58. The summed E-state index contributed by atoms with van der Waals surface area (Å²) in [6.07, 6.45) is 2.91. The summed E-state index contributed by atoms with van der Waals surface area (Å²) in [6.45, 7) is 6.35. The van der Waals surface area contributed by atoms with Crippen LogP contribution in [0.1, 0.15) is 38.7 Å². The Morgan fingerprint density at radius 2 is 2.10 bits per heavy atom. The predicted molar refractivity (Wildman–Crippen MR) is 79.3 cm³/mol. The number of rotatable bonds is 4. The maximum Gasteiger partial charge on any atom is 0.225 e. The van der Waals surface area contributed by atoms with Crippen molar-refractivity contribution >= 4 is 11.6 Å². The topological polar surface area (TPSA) is 56.1 Å². The van der Waals surface area contributed by atoms with Gasteiger partial charge < -0.3 is 5.32 Å². The number of carbonyl (C=O) groups is 1. The van der Waals surface area contributed by atoms with E-state index in [9.17, 15) is 4.79 Å². The molecule has 1 saturated heterocycles. The van der Waals surface area contributed by atoms with E-state index in [2.05, 4.69) is 30.1 Å². The Labute approximate surface area is 120 Å². The van der Waals surface area contributed by atoms with Gasteiger partial charge in [-0.25, -0.2) is 0 Å². The van der Waals surface area contributed by atoms with Gasteiger partial charge in [-0.05, 0) is 57.5 Å². The minimum Gasteiger partial charge on any atom is -0.326 e. The van der Waals surface area contributed by atoms with Gasteiger partial charge in [-0.3, -0.25) is 9.69 Å². The number of hydrogen-bond donors (Lipinski definition) is 1. The number of benzene rings is 1. The van der Waals surface area contributed by atoms with Crippen molar-refractivity contribution in [3.8, 4) is 6.07 Å². The normalized spacial score (nSPS) is 17.6. The van der Waals surface area contributed by atoms with Crippen molar-refractivity contribution in [2.75, 3.05) is 18.4 Å². The van der Waals surface area contributed by atoms with Crippen LogP contribution in [-0.4, -0.2) is 29.4 Å². The maximum atomic E-state index is 11.9. The molecule has 0 unspecified atom stereocenters. The molecular formula is C16H21N3O. The van der Waals surface area contributed by atoms with Crippen molar-refractivity contribution in [2.24, 2.45) is 0 Å². The van der Waals surface area contributed by atoms with Crippen molar-refractivity contribution in [1.82, 2.24) is 4.90 Å². The van der Waals surface area contributed by atoms with Crippen molar-refractivity contribution in [2.45, 2.75) is 38.6 Å². The average molecular weight is 271 g/mol. The Morgan fingerprint density at radius 1 is 1.40 bits per heavy atom. The molecule has 0 saturated carbocycles. The van der Waals surface area contributed by atoms with Crippen molar-refractivity contribution < 1.29 is 4.79 Å².